The first-order valence-electron chi connectivity index (χ1n) is 5.71. The molecule has 1 N–H and O–H groups in total. The van der Waals surface area contributed by atoms with Gasteiger partial charge in [0.1, 0.15) is 6.04 Å². The molecule has 5 nitrogen and oxygen atoms in total. The molecule has 2 rings (SSSR count). The van der Waals surface area contributed by atoms with Gasteiger partial charge in [-0.1, -0.05) is 6.07 Å². The van der Waals surface area contributed by atoms with Crippen LogP contribution in [0.25, 0.3) is 0 Å². The minimum Gasteiger partial charge on any atom is -0.480 e. The summed E-state index contributed by atoms with van der Waals surface area (Å²) in [4.78, 5) is 17.3. The largest absolute Gasteiger partial charge is 0.480 e. The number of hydrogen-bond acceptors (Lipinski definition) is 4. The lowest BCUT2D eigenvalue weighted by molar-refractivity contribution is -0.145. The summed E-state index contributed by atoms with van der Waals surface area (Å²) in [6.07, 6.45) is 3.90. The summed E-state index contributed by atoms with van der Waals surface area (Å²) in [5, 5.41) is 9.28. The highest BCUT2D eigenvalue weighted by Crippen LogP contribution is 2.10. The molecule has 2 heterocycles. The number of aromatic nitrogens is 1. The number of carbonyl (C=O) groups is 1. The van der Waals surface area contributed by atoms with Crippen molar-refractivity contribution in [2.24, 2.45) is 0 Å². The molecule has 1 aromatic rings. The monoisotopic (exact) mass is 236 g/mol. The number of rotatable bonds is 4. The van der Waals surface area contributed by atoms with E-state index >= 15 is 0 Å². The third kappa shape index (κ3) is 3.25. The zero-order chi connectivity index (χ0) is 12.1. The van der Waals surface area contributed by atoms with Crippen molar-refractivity contribution < 1.29 is 14.6 Å². The molecule has 1 saturated heterocycles. The van der Waals surface area contributed by atoms with Gasteiger partial charge in [-0.15, -0.1) is 0 Å². The van der Waals surface area contributed by atoms with E-state index in [4.69, 9.17) is 4.74 Å². The molecule has 1 unspecified atom stereocenters. The van der Waals surface area contributed by atoms with Crippen molar-refractivity contribution in [2.45, 2.75) is 12.5 Å². The fourth-order valence-electron chi connectivity index (χ4n) is 2.00. The third-order valence-electron chi connectivity index (χ3n) is 2.92. The van der Waals surface area contributed by atoms with E-state index in [-0.39, 0.29) is 0 Å². The Morgan fingerprint density at radius 3 is 2.88 bits per heavy atom. The van der Waals surface area contributed by atoms with E-state index in [0.717, 1.165) is 5.56 Å². The summed E-state index contributed by atoms with van der Waals surface area (Å²) >= 11 is 0. The van der Waals surface area contributed by atoms with Crippen LogP contribution in [-0.2, 0) is 16.0 Å². The molecule has 0 amide bonds. The van der Waals surface area contributed by atoms with Crippen molar-refractivity contribution in [1.29, 1.82) is 0 Å². The fraction of sp³-hybridized carbons (Fsp3) is 0.500. The van der Waals surface area contributed by atoms with E-state index in [1.165, 1.54) is 0 Å². The number of carboxylic acid groups (broad SMARTS) is 1. The van der Waals surface area contributed by atoms with Gasteiger partial charge in [-0.25, -0.2) is 0 Å². The number of hydrogen-bond donors (Lipinski definition) is 1. The molecule has 0 aliphatic carbocycles. The molecule has 0 bridgehead atoms. The molecule has 0 aromatic carbocycles. The topological polar surface area (TPSA) is 62.7 Å². The maximum absolute atomic E-state index is 11.3. The Morgan fingerprint density at radius 2 is 2.29 bits per heavy atom. The quantitative estimate of drug-likeness (QED) is 0.820. The first-order valence-corrected chi connectivity index (χ1v) is 5.71. The lowest BCUT2D eigenvalue weighted by atomic mass is 10.1. The van der Waals surface area contributed by atoms with E-state index in [1.807, 2.05) is 17.0 Å². The third-order valence-corrected chi connectivity index (χ3v) is 2.92. The average molecular weight is 236 g/mol. The van der Waals surface area contributed by atoms with E-state index in [9.17, 15) is 9.90 Å². The van der Waals surface area contributed by atoms with Crippen LogP contribution >= 0.6 is 0 Å². The Morgan fingerprint density at radius 1 is 1.53 bits per heavy atom. The lowest BCUT2D eigenvalue weighted by Gasteiger charge is -2.31. The predicted molar refractivity (Wildman–Crippen MR) is 61.8 cm³/mol. The van der Waals surface area contributed by atoms with Crippen molar-refractivity contribution in [3.8, 4) is 0 Å². The molecule has 1 aliphatic heterocycles. The van der Waals surface area contributed by atoms with Crippen LogP contribution in [-0.4, -0.2) is 53.3 Å². The number of ether oxygens (including phenoxy) is 1. The summed E-state index contributed by atoms with van der Waals surface area (Å²) in [5.74, 6) is -0.782. The van der Waals surface area contributed by atoms with E-state index in [0.29, 0.717) is 32.7 Å². The summed E-state index contributed by atoms with van der Waals surface area (Å²) < 4.78 is 5.23. The van der Waals surface area contributed by atoms with Gasteiger partial charge in [0, 0.05) is 31.9 Å². The van der Waals surface area contributed by atoms with Crippen molar-refractivity contribution in [3.63, 3.8) is 0 Å². The van der Waals surface area contributed by atoms with Crippen LogP contribution in [0.5, 0.6) is 0 Å². The SMILES string of the molecule is O=C(O)C(Cc1cccnc1)N1CCOCC1. The second-order valence-electron chi connectivity index (χ2n) is 4.07. The van der Waals surface area contributed by atoms with Crippen LogP contribution in [0.4, 0.5) is 0 Å². The minimum atomic E-state index is -0.782. The highest BCUT2D eigenvalue weighted by atomic mass is 16.5. The molecule has 0 radical (unpaired) electrons. The van der Waals surface area contributed by atoms with Crippen molar-refractivity contribution in [3.05, 3.63) is 30.1 Å². The van der Waals surface area contributed by atoms with Gasteiger partial charge in [0.2, 0.25) is 0 Å². The standard InChI is InChI=1S/C12H16N2O3/c15-12(16)11(14-4-6-17-7-5-14)8-10-2-1-3-13-9-10/h1-3,9,11H,4-8H2,(H,15,16). The fourth-order valence-corrected chi connectivity index (χ4v) is 2.00. The van der Waals surface area contributed by atoms with E-state index in [1.54, 1.807) is 12.4 Å². The average Bonchev–Trinajstić information content (AvgIpc) is 2.38. The number of nitrogens with zero attached hydrogens (tertiary/aromatic N) is 2. The maximum atomic E-state index is 11.3. The summed E-state index contributed by atoms with van der Waals surface area (Å²) in [6, 6.07) is 3.25. The molecule has 92 valence electrons. The second-order valence-corrected chi connectivity index (χ2v) is 4.07. The molecule has 5 heteroatoms. The smallest absolute Gasteiger partial charge is 0.321 e. The summed E-state index contributed by atoms with van der Waals surface area (Å²) in [6.45, 7) is 2.57. The van der Waals surface area contributed by atoms with Crippen LogP contribution in [0.1, 0.15) is 5.56 Å². The molecule has 1 atom stereocenters. The first-order chi connectivity index (χ1) is 8.27. The van der Waals surface area contributed by atoms with Crippen molar-refractivity contribution >= 4 is 5.97 Å². The number of aliphatic carboxylic acids is 1. The first kappa shape index (κ1) is 12.0. The number of carboxylic acids is 1. The molecule has 1 fully saturated rings. The van der Waals surface area contributed by atoms with Gasteiger partial charge in [0.25, 0.3) is 0 Å². The zero-order valence-corrected chi connectivity index (χ0v) is 9.58. The Hall–Kier alpha value is -1.46. The molecular weight excluding hydrogens is 220 g/mol. The van der Waals surface area contributed by atoms with Gasteiger partial charge in [-0.3, -0.25) is 14.7 Å². The van der Waals surface area contributed by atoms with Crippen LogP contribution in [0.2, 0.25) is 0 Å². The Labute approximate surface area is 100 Å². The Bertz CT molecular complexity index is 363. The van der Waals surface area contributed by atoms with Gasteiger partial charge < -0.3 is 9.84 Å². The van der Waals surface area contributed by atoms with Gasteiger partial charge in [-0.05, 0) is 11.6 Å². The van der Waals surface area contributed by atoms with Crippen LogP contribution in [0, 0.1) is 0 Å². The van der Waals surface area contributed by atoms with E-state index in [2.05, 4.69) is 4.98 Å². The minimum absolute atomic E-state index is 0.483. The van der Waals surface area contributed by atoms with Crippen molar-refractivity contribution in [2.75, 3.05) is 26.3 Å². The van der Waals surface area contributed by atoms with Crippen molar-refractivity contribution in [1.82, 2.24) is 9.88 Å². The summed E-state index contributed by atoms with van der Waals surface area (Å²) in [5.41, 5.74) is 0.950. The van der Waals surface area contributed by atoms with Crippen LogP contribution in [0.15, 0.2) is 24.5 Å². The van der Waals surface area contributed by atoms with Crippen LogP contribution in [0.3, 0.4) is 0 Å². The van der Waals surface area contributed by atoms with Gasteiger partial charge in [0.05, 0.1) is 13.2 Å². The highest BCUT2D eigenvalue weighted by molar-refractivity contribution is 5.74. The molecule has 17 heavy (non-hydrogen) atoms. The molecule has 0 saturated carbocycles. The molecule has 1 aliphatic rings. The van der Waals surface area contributed by atoms with Gasteiger partial charge in [0.15, 0.2) is 0 Å². The molecule has 1 aromatic heterocycles. The Kier molecular flexibility index (Phi) is 4.06. The predicted octanol–water partition coefficient (Wildman–Crippen LogP) is 0.410. The molecule has 0 spiro atoms. The van der Waals surface area contributed by atoms with E-state index < -0.39 is 12.0 Å². The lowest BCUT2D eigenvalue weighted by Crippen LogP contribution is -2.48. The number of pyridine rings is 1. The highest BCUT2D eigenvalue weighted by Gasteiger charge is 2.27. The zero-order valence-electron chi connectivity index (χ0n) is 9.58. The maximum Gasteiger partial charge on any atom is 0.321 e. The molecular formula is C12H16N2O3. The normalized spacial score (nSPS) is 18.8. The Balaban J connectivity index is 2.04. The van der Waals surface area contributed by atoms with Gasteiger partial charge >= 0.3 is 5.97 Å². The summed E-state index contributed by atoms with van der Waals surface area (Å²) in [7, 11) is 0. The van der Waals surface area contributed by atoms with Crippen LogP contribution < -0.4 is 0 Å². The van der Waals surface area contributed by atoms with Gasteiger partial charge in [-0.2, -0.15) is 0 Å². The second kappa shape index (κ2) is 5.75. The number of morpholine rings is 1.